The summed E-state index contributed by atoms with van der Waals surface area (Å²) in [5, 5.41) is 23.1. The minimum Gasteiger partial charge on any atom is -0.491 e. The Morgan fingerprint density at radius 3 is 2.57 bits per heavy atom. The molecular formula is C15H21N3O3. The molecule has 0 saturated carbocycles. The van der Waals surface area contributed by atoms with Gasteiger partial charge in [0.1, 0.15) is 11.3 Å². The zero-order valence-corrected chi connectivity index (χ0v) is 12.6. The Morgan fingerprint density at radius 2 is 2.10 bits per heavy atom. The van der Waals surface area contributed by atoms with E-state index in [1.165, 1.54) is 12.1 Å². The van der Waals surface area contributed by atoms with Crippen LogP contribution >= 0.6 is 0 Å². The molecule has 0 radical (unpaired) electrons. The second-order valence-corrected chi connectivity index (χ2v) is 5.25. The van der Waals surface area contributed by atoms with Crippen molar-refractivity contribution in [1.29, 1.82) is 5.26 Å². The highest BCUT2D eigenvalue weighted by atomic mass is 16.6. The second-order valence-electron chi connectivity index (χ2n) is 5.25. The third-order valence-electron chi connectivity index (χ3n) is 3.09. The number of nitro groups is 1. The average molecular weight is 291 g/mol. The Bertz CT molecular complexity index is 510. The standard InChI is InChI=1S/C15H21N3O3/c1-4-9-17-15(3,11-16)10-12(2)21-14-7-5-13(6-8-14)18(19)20/h5-8,12,17H,4,9-10H2,1-3H3. The second kappa shape index (κ2) is 7.60. The summed E-state index contributed by atoms with van der Waals surface area (Å²) >= 11 is 0. The topological polar surface area (TPSA) is 88.2 Å². The van der Waals surface area contributed by atoms with E-state index in [1.807, 2.05) is 20.8 Å². The van der Waals surface area contributed by atoms with Crippen LogP contribution in [0.15, 0.2) is 24.3 Å². The molecule has 21 heavy (non-hydrogen) atoms. The molecule has 1 N–H and O–H groups in total. The lowest BCUT2D eigenvalue weighted by Crippen LogP contribution is -2.44. The number of nitro benzene ring substituents is 1. The van der Waals surface area contributed by atoms with Crippen LogP contribution in [0.3, 0.4) is 0 Å². The van der Waals surface area contributed by atoms with E-state index in [1.54, 1.807) is 12.1 Å². The molecule has 0 aliphatic carbocycles. The fourth-order valence-electron chi connectivity index (χ4n) is 2.05. The minimum atomic E-state index is -0.643. The summed E-state index contributed by atoms with van der Waals surface area (Å²) in [7, 11) is 0. The van der Waals surface area contributed by atoms with Crippen molar-refractivity contribution in [2.24, 2.45) is 0 Å². The third kappa shape index (κ3) is 5.40. The summed E-state index contributed by atoms with van der Waals surface area (Å²) < 4.78 is 5.71. The number of nitrogens with zero attached hydrogens (tertiary/aromatic N) is 2. The number of nitrogens with one attached hydrogen (secondary N) is 1. The van der Waals surface area contributed by atoms with E-state index in [0.717, 1.165) is 13.0 Å². The van der Waals surface area contributed by atoms with Gasteiger partial charge in [-0.15, -0.1) is 0 Å². The summed E-state index contributed by atoms with van der Waals surface area (Å²) in [5.41, 5.74) is -0.614. The Kier molecular flexibility index (Phi) is 6.12. The molecule has 0 spiro atoms. The zero-order valence-electron chi connectivity index (χ0n) is 12.6. The predicted octanol–water partition coefficient (Wildman–Crippen LogP) is 3.03. The predicted molar refractivity (Wildman–Crippen MR) is 80.1 cm³/mol. The molecule has 0 heterocycles. The van der Waals surface area contributed by atoms with Crippen LogP contribution < -0.4 is 10.1 Å². The van der Waals surface area contributed by atoms with Crippen molar-refractivity contribution in [2.75, 3.05) is 6.54 Å². The number of non-ortho nitro benzene ring substituents is 1. The highest BCUT2D eigenvalue weighted by molar-refractivity contribution is 5.36. The molecule has 0 amide bonds. The lowest BCUT2D eigenvalue weighted by molar-refractivity contribution is -0.384. The number of hydrogen-bond donors (Lipinski definition) is 1. The van der Waals surface area contributed by atoms with Gasteiger partial charge < -0.3 is 4.74 Å². The maximum atomic E-state index is 10.6. The number of hydrogen-bond acceptors (Lipinski definition) is 5. The molecule has 0 fully saturated rings. The van der Waals surface area contributed by atoms with Crippen molar-refractivity contribution >= 4 is 5.69 Å². The van der Waals surface area contributed by atoms with Gasteiger partial charge in [-0.1, -0.05) is 6.92 Å². The largest absolute Gasteiger partial charge is 0.491 e. The van der Waals surface area contributed by atoms with Gasteiger partial charge in [0.15, 0.2) is 0 Å². The van der Waals surface area contributed by atoms with E-state index in [0.29, 0.717) is 12.2 Å². The van der Waals surface area contributed by atoms with E-state index >= 15 is 0 Å². The van der Waals surface area contributed by atoms with Gasteiger partial charge in [-0.3, -0.25) is 15.4 Å². The summed E-state index contributed by atoms with van der Waals surface area (Å²) in [6.45, 7) is 6.54. The molecule has 0 bridgehead atoms. The number of benzene rings is 1. The van der Waals surface area contributed by atoms with Crippen LogP contribution in [0.25, 0.3) is 0 Å². The molecule has 6 nitrogen and oxygen atoms in total. The Labute approximate surface area is 124 Å². The lowest BCUT2D eigenvalue weighted by atomic mass is 9.96. The average Bonchev–Trinajstić information content (AvgIpc) is 2.45. The molecular weight excluding hydrogens is 270 g/mol. The monoisotopic (exact) mass is 291 g/mol. The summed E-state index contributed by atoms with van der Waals surface area (Å²) in [5.74, 6) is 0.559. The molecule has 2 unspecified atom stereocenters. The first-order chi connectivity index (χ1) is 9.90. The SMILES string of the molecule is CCCNC(C)(C#N)CC(C)Oc1ccc([N+](=O)[O-])cc1. The Morgan fingerprint density at radius 1 is 1.48 bits per heavy atom. The molecule has 0 aliphatic heterocycles. The van der Waals surface area contributed by atoms with Crippen molar-refractivity contribution in [3.63, 3.8) is 0 Å². The minimum absolute atomic E-state index is 0.0291. The van der Waals surface area contributed by atoms with E-state index in [2.05, 4.69) is 11.4 Å². The summed E-state index contributed by atoms with van der Waals surface area (Å²) in [6.07, 6.45) is 1.30. The molecule has 1 aromatic carbocycles. The number of nitriles is 1. The van der Waals surface area contributed by atoms with E-state index in [9.17, 15) is 15.4 Å². The summed E-state index contributed by atoms with van der Waals surface area (Å²) in [4.78, 5) is 10.1. The fourth-order valence-corrected chi connectivity index (χ4v) is 2.05. The van der Waals surface area contributed by atoms with Crippen molar-refractivity contribution in [3.8, 4) is 11.8 Å². The molecule has 0 aliphatic rings. The van der Waals surface area contributed by atoms with Gasteiger partial charge in [0.2, 0.25) is 0 Å². The van der Waals surface area contributed by atoms with Gasteiger partial charge in [-0.2, -0.15) is 5.26 Å². The molecule has 0 saturated heterocycles. The first-order valence-electron chi connectivity index (χ1n) is 6.97. The third-order valence-corrected chi connectivity index (χ3v) is 3.09. The lowest BCUT2D eigenvalue weighted by Gasteiger charge is -2.27. The fraction of sp³-hybridized carbons (Fsp3) is 0.533. The Balaban J connectivity index is 2.62. The molecule has 6 heteroatoms. The van der Waals surface area contributed by atoms with Gasteiger partial charge in [-0.05, 0) is 38.9 Å². The van der Waals surface area contributed by atoms with Crippen LogP contribution in [0, 0.1) is 21.4 Å². The molecule has 2 atom stereocenters. The van der Waals surface area contributed by atoms with E-state index in [-0.39, 0.29) is 11.8 Å². The highest BCUT2D eigenvalue weighted by Crippen LogP contribution is 2.21. The first kappa shape index (κ1) is 16.9. The van der Waals surface area contributed by atoms with Gasteiger partial charge >= 0.3 is 0 Å². The molecule has 1 aromatic rings. The van der Waals surface area contributed by atoms with Crippen molar-refractivity contribution < 1.29 is 9.66 Å². The van der Waals surface area contributed by atoms with Crippen LogP contribution in [-0.2, 0) is 0 Å². The van der Waals surface area contributed by atoms with Gasteiger partial charge in [0.25, 0.3) is 5.69 Å². The first-order valence-corrected chi connectivity index (χ1v) is 6.97. The van der Waals surface area contributed by atoms with Crippen molar-refractivity contribution in [1.82, 2.24) is 5.32 Å². The van der Waals surface area contributed by atoms with Gasteiger partial charge in [0, 0.05) is 18.6 Å². The maximum Gasteiger partial charge on any atom is 0.269 e. The van der Waals surface area contributed by atoms with Crippen LogP contribution in [0.4, 0.5) is 5.69 Å². The highest BCUT2D eigenvalue weighted by Gasteiger charge is 2.26. The molecule has 114 valence electrons. The van der Waals surface area contributed by atoms with E-state index < -0.39 is 10.5 Å². The van der Waals surface area contributed by atoms with Crippen LogP contribution in [-0.4, -0.2) is 23.1 Å². The summed E-state index contributed by atoms with van der Waals surface area (Å²) in [6, 6.07) is 8.22. The smallest absolute Gasteiger partial charge is 0.269 e. The maximum absolute atomic E-state index is 10.6. The van der Waals surface area contributed by atoms with Crippen LogP contribution in [0.5, 0.6) is 5.75 Å². The van der Waals surface area contributed by atoms with Gasteiger partial charge in [-0.25, -0.2) is 0 Å². The van der Waals surface area contributed by atoms with Crippen molar-refractivity contribution in [3.05, 3.63) is 34.4 Å². The zero-order chi connectivity index (χ0) is 15.9. The Hall–Kier alpha value is -2.13. The number of ether oxygens (including phenoxy) is 1. The van der Waals surface area contributed by atoms with Crippen LogP contribution in [0.2, 0.25) is 0 Å². The van der Waals surface area contributed by atoms with Crippen molar-refractivity contribution in [2.45, 2.75) is 45.3 Å². The normalized spacial score (nSPS) is 14.8. The quantitative estimate of drug-likeness (QED) is 0.587. The molecule has 1 rings (SSSR count). The molecule has 0 aromatic heterocycles. The van der Waals surface area contributed by atoms with Gasteiger partial charge in [0.05, 0.1) is 17.1 Å². The number of rotatable bonds is 8. The van der Waals surface area contributed by atoms with E-state index in [4.69, 9.17) is 4.74 Å². The van der Waals surface area contributed by atoms with Crippen LogP contribution in [0.1, 0.15) is 33.6 Å².